The molecule has 0 unspecified atom stereocenters. The van der Waals surface area contributed by atoms with Crippen LogP contribution >= 0.6 is 0 Å². The fourth-order valence-corrected chi connectivity index (χ4v) is 11.7. The summed E-state index contributed by atoms with van der Waals surface area (Å²) in [6.07, 6.45) is 6.84. The monoisotopic (exact) mass is 693 g/mol. The Morgan fingerprint density at radius 2 is 0.926 bits per heavy atom. The minimum atomic E-state index is 0.0323. The Morgan fingerprint density at radius 1 is 0.389 bits per heavy atom. The smallest absolute Gasteiger partial charge is 0.164 e. The van der Waals surface area contributed by atoms with Crippen molar-refractivity contribution in [3.8, 4) is 56.4 Å². The molecule has 4 saturated carbocycles. The number of rotatable bonds is 4. The minimum absolute atomic E-state index is 0.0323. The van der Waals surface area contributed by atoms with Crippen LogP contribution in [0, 0.1) is 23.7 Å². The average molecular weight is 694 g/mol. The van der Waals surface area contributed by atoms with Crippen molar-refractivity contribution in [1.82, 2.24) is 15.0 Å². The second-order valence-electron chi connectivity index (χ2n) is 16.4. The van der Waals surface area contributed by atoms with Gasteiger partial charge in [0.05, 0.1) is 0 Å². The number of benzene rings is 7. The highest BCUT2D eigenvalue weighted by molar-refractivity contribution is 5.99. The van der Waals surface area contributed by atoms with E-state index in [0.29, 0.717) is 23.5 Å². The van der Waals surface area contributed by atoms with Crippen molar-refractivity contribution in [2.45, 2.75) is 37.5 Å². The number of aromatic nitrogens is 3. The first-order valence-corrected chi connectivity index (χ1v) is 19.8. The van der Waals surface area contributed by atoms with E-state index in [2.05, 4.69) is 146 Å². The van der Waals surface area contributed by atoms with E-state index in [-0.39, 0.29) is 5.41 Å². The van der Waals surface area contributed by atoms with Crippen LogP contribution in [0.5, 0.6) is 0 Å². The van der Waals surface area contributed by atoms with Gasteiger partial charge in [-0.25, -0.2) is 15.0 Å². The molecule has 3 heteroatoms. The van der Waals surface area contributed by atoms with Crippen molar-refractivity contribution in [1.29, 1.82) is 0 Å². The van der Waals surface area contributed by atoms with Crippen LogP contribution in [0.1, 0.15) is 43.2 Å². The van der Waals surface area contributed by atoms with Gasteiger partial charge in [-0.3, -0.25) is 0 Å². The summed E-state index contributed by atoms with van der Waals surface area (Å²) < 4.78 is 0. The van der Waals surface area contributed by atoms with Crippen molar-refractivity contribution < 1.29 is 0 Å². The van der Waals surface area contributed by atoms with E-state index in [9.17, 15) is 0 Å². The first kappa shape index (κ1) is 30.5. The highest BCUT2D eigenvalue weighted by atomic mass is 15.0. The molecule has 0 saturated heterocycles. The van der Waals surface area contributed by atoms with Crippen molar-refractivity contribution in [2.24, 2.45) is 23.7 Å². The fourth-order valence-electron chi connectivity index (χ4n) is 11.7. The summed E-state index contributed by atoms with van der Waals surface area (Å²) in [5, 5.41) is 5.31. The van der Waals surface area contributed by atoms with Crippen LogP contribution in [0.3, 0.4) is 0 Å². The van der Waals surface area contributed by atoms with Crippen LogP contribution in [-0.2, 0) is 5.41 Å². The number of hydrogen-bond donors (Lipinski definition) is 0. The molecule has 4 bridgehead atoms. The van der Waals surface area contributed by atoms with Crippen LogP contribution in [0.15, 0.2) is 152 Å². The van der Waals surface area contributed by atoms with Gasteiger partial charge in [-0.15, -0.1) is 0 Å². The lowest BCUT2D eigenvalue weighted by atomic mass is 9.43. The second-order valence-corrected chi connectivity index (χ2v) is 16.4. The molecular formula is C51H39N3. The Kier molecular flexibility index (Phi) is 6.52. The molecule has 1 aromatic heterocycles. The molecular weight excluding hydrogens is 655 g/mol. The van der Waals surface area contributed by atoms with Crippen molar-refractivity contribution in [2.75, 3.05) is 0 Å². The molecule has 0 amide bonds. The predicted octanol–water partition coefficient (Wildman–Crippen LogP) is 12.6. The molecule has 5 aliphatic rings. The van der Waals surface area contributed by atoms with Gasteiger partial charge >= 0.3 is 0 Å². The minimum Gasteiger partial charge on any atom is -0.208 e. The summed E-state index contributed by atoms with van der Waals surface area (Å²) in [6, 6.07) is 55.3. The van der Waals surface area contributed by atoms with Gasteiger partial charge < -0.3 is 0 Å². The predicted molar refractivity (Wildman–Crippen MR) is 220 cm³/mol. The summed E-state index contributed by atoms with van der Waals surface area (Å²) in [6.45, 7) is 0. The maximum Gasteiger partial charge on any atom is 0.164 e. The number of fused-ring (bicyclic) bond motifs is 6. The molecule has 13 rings (SSSR count). The maximum atomic E-state index is 5.28. The van der Waals surface area contributed by atoms with Gasteiger partial charge in [0.25, 0.3) is 0 Å². The Morgan fingerprint density at radius 3 is 1.65 bits per heavy atom. The SMILES string of the molecule is c1ccc(-c2nc(-c3ccc(-c4cccc5ccccc45)cc3)nc(-c3ccc4c(c3)C3(c5c-4ccc4ccccc54)C4CC5CC(C4)CC3C5)n2)cc1. The highest BCUT2D eigenvalue weighted by Crippen LogP contribution is 2.70. The zero-order valence-electron chi connectivity index (χ0n) is 30.1. The zero-order valence-corrected chi connectivity index (χ0v) is 30.1. The molecule has 0 aliphatic heterocycles. The molecule has 8 aromatic rings. The lowest BCUT2D eigenvalue weighted by molar-refractivity contribution is -0.0393. The highest BCUT2D eigenvalue weighted by Gasteiger charge is 2.62. The third kappa shape index (κ3) is 4.39. The second kappa shape index (κ2) is 11.5. The van der Waals surface area contributed by atoms with E-state index in [4.69, 9.17) is 15.0 Å². The molecule has 1 spiro atoms. The van der Waals surface area contributed by atoms with Crippen LogP contribution in [-0.4, -0.2) is 15.0 Å². The van der Waals surface area contributed by atoms with Gasteiger partial charge in [0.1, 0.15) is 0 Å². The van der Waals surface area contributed by atoms with Gasteiger partial charge in [-0.1, -0.05) is 146 Å². The van der Waals surface area contributed by atoms with Gasteiger partial charge in [-0.2, -0.15) is 0 Å². The first-order valence-electron chi connectivity index (χ1n) is 19.8. The molecule has 3 nitrogen and oxygen atoms in total. The standard InChI is InChI=1S/C51H39N3/c1-2-11-36(12-3-1)48-52-49(37-19-17-35(18-20-37)42-16-8-13-33-9-4-6-14-41(33)42)54-50(53-48)38-22-23-44-45-24-21-34-10-5-7-15-43(34)47(45)51(46(44)30-38)39-26-31-25-32(28-39)29-40(51)27-31/h1-24,30-32,39-40H,25-29H2. The Labute approximate surface area is 315 Å². The first-order chi connectivity index (χ1) is 26.7. The summed E-state index contributed by atoms with van der Waals surface area (Å²) in [7, 11) is 0. The Hall–Kier alpha value is -5.93. The normalized spacial score (nSPS) is 23.3. The van der Waals surface area contributed by atoms with Crippen molar-refractivity contribution in [3.05, 3.63) is 163 Å². The lowest BCUT2D eigenvalue weighted by Crippen LogP contribution is -2.55. The van der Waals surface area contributed by atoms with E-state index < -0.39 is 0 Å². The zero-order chi connectivity index (χ0) is 35.4. The number of hydrogen-bond acceptors (Lipinski definition) is 3. The largest absolute Gasteiger partial charge is 0.208 e. The van der Waals surface area contributed by atoms with E-state index in [1.165, 1.54) is 81.5 Å². The van der Waals surface area contributed by atoms with Gasteiger partial charge in [0, 0.05) is 22.1 Å². The van der Waals surface area contributed by atoms with Crippen LogP contribution in [0.25, 0.3) is 78.0 Å². The van der Waals surface area contributed by atoms with E-state index in [1.54, 1.807) is 5.56 Å². The van der Waals surface area contributed by atoms with Crippen LogP contribution in [0.4, 0.5) is 0 Å². The van der Waals surface area contributed by atoms with Crippen molar-refractivity contribution >= 4 is 21.5 Å². The lowest BCUT2D eigenvalue weighted by Gasteiger charge is -2.61. The third-order valence-corrected chi connectivity index (χ3v) is 13.7. The maximum absolute atomic E-state index is 5.28. The molecule has 258 valence electrons. The van der Waals surface area contributed by atoms with Gasteiger partial charge in [-0.05, 0) is 117 Å². The van der Waals surface area contributed by atoms with Gasteiger partial charge in [0.2, 0.25) is 0 Å². The molecule has 0 N–H and O–H groups in total. The fraction of sp³-hybridized carbons (Fsp3) is 0.196. The van der Waals surface area contributed by atoms with Crippen LogP contribution < -0.4 is 0 Å². The van der Waals surface area contributed by atoms with E-state index in [0.717, 1.165) is 34.4 Å². The molecule has 54 heavy (non-hydrogen) atoms. The van der Waals surface area contributed by atoms with Crippen molar-refractivity contribution in [3.63, 3.8) is 0 Å². The molecule has 0 atom stereocenters. The summed E-state index contributed by atoms with van der Waals surface area (Å²) >= 11 is 0. The summed E-state index contributed by atoms with van der Waals surface area (Å²) in [5.74, 6) is 5.24. The molecule has 0 radical (unpaired) electrons. The molecule has 4 fully saturated rings. The van der Waals surface area contributed by atoms with Crippen LogP contribution in [0.2, 0.25) is 0 Å². The third-order valence-electron chi connectivity index (χ3n) is 13.7. The summed E-state index contributed by atoms with van der Waals surface area (Å²) in [4.78, 5) is 15.6. The Bertz CT molecular complexity index is 2750. The number of nitrogens with zero attached hydrogens (tertiary/aromatic N) is 3. The van der Waals surface area contributed by atoms with E-state index in [1.807, 2.05) is 6.07 Å². The topological polar surface area (TPSA) is 38.7 Å². The quantitative estimate of drug-likeness (QED) is 0.184. The Balaban J connectivity index is 1.02. The molecule has 7 aromatic carbocycles. The molecule has 1 heterocycles. The van der Waals surface area contributed by atoms with Gasteiger partial charge in [0.15, 0.2) is 17.5 Å². The summed E-state index contributed by atoms with van der Waals surface area (Å²) in [5.41, 5.74) is 11.5. The van der Waals surface area contributed by atoms with E-state index >= 15 is 0 Å². The average Bonchev–Trinajstić information content (AvgIpc) is 3.53. The molecule has 5 aliphatic carbocycles.